The first-order valence-corrected chi connectivity index (χ1v) is 9.86. The fraction of sp³-hybridized carbons (Fsp3) is 0.0417. The van der Waals surface area contributed by atoms with Gasteiger partial charge in [0, 0.05) is 29.5 Å². The van der Waals surface area contributed by atoms with Gasteiger partial charge >= 0.3 is 0 Å². The van der Waals surface area contributed by atoms with E-state index in [1.807, 2.05) is 66.9 Å². The van der Waals surface area contributed by atoms with Crippen molar-refractivity contribution >= 4 is 17.8 Å². The zero-order valence-electron chi connectivity index (χ0n) is 17.0. The second-order valence-electron chi connectivity index (χ2n) is 6.97. The summed E-state index contributed by atoms with van der Waals surface area (Å²) in [5.41, 5.74) is 6.47. The molecule has 0 radical (unpaired) electrons. The smallest absolute Gasteiger partial charge is 0.269 e. The maximum atomic E-state index is 12.2. The SMILES string of the molecule is O=C(Cc1ccc([N+](=O)[O-])cc1)N/N=C\c1cn(-c2ccccc2)nc1-c1ccccc1. The van der Waals surface area contributed by atoms with Crippen molar-refractivity contribution in [1.82, 2.24) is 15.2 Å². The molecule has 3 aromatic carbocycles. The van der Waals surface area contributed by atoms with Crippen molar-refractivity contribution in [3.8, 4) is 16.9 Å². The topological polar surface area (TPSA) is 102 Å². The van der Waals surface area contributed by atoms with Gasteiger partial charge in [-0.05, 0) is 17.7 Å². The zero-order valence-corrected chi connectivity index (χ0v) is 17.0. The van der Waals surface area contributed by atoms with E-state index in [-0.39, 0.29) is 18.0 Å². The number of non-ortho nitro benzene ring substituents is 1. The Bertz CT molecular complexity index is 1250. The van der Waals surface area contributed by atoms with Gasteiger partial charge in [-0.3, -0.25) is 14.9 Å². The molecule has 1 amide bonds. The summed E-state index contributed by atoms with van der Waals surface area (Å²) in [5, 5.41) is 19.5. The van der Waals surface area contributed by atoms with E-state index in [2.05, 4.69) is 10.5 Å². The molecule has 0 aliphatic heterocycles. The number of aromatic nitrogens is 2. The van der Waals surface area contributed by atoms with Gasteiger partial charge in [0.2, 0.25) is 5.91 Å². The Labute approximate surface area is 184 Å². The predicted octanol–water partition coefficient (Wildman–Crippen LogP) is 4.14. The summed E-state index contributed by atoms with van der Waals surface area (Å²) in [6, 6.07) is 25.3. The fourth-order valence-electron chi connectivity index (χ4n) is 3.15. The maximum Gasteiger partial charge on any atom is 0.269 e. The van der Waals surface area contributed by atoms with Gasteiger partial charge < -0.3 is 0 Å². The minimum atomic E-state index is -0.478. The maximum absolute atomic E-state index is 12.2. The number of benzene rings is 3. The monoisotopic (exact) mass is 425 g/mol. The lowest BCUT2D eigenvalue weighted by Gasteiger charge is -2.01. The largest absolute Gasteiger partial charge is 0.273 e. The van der Waals surface area contributed by atoms with Gasteiger partial charge in [-0.1, -0.05) is 60.7 Å². The minimum Gasteiger partial charge on any atom is -0.273 e. The normalized spacial score (nSPS) is 10.9. The van der Waals surface area contributed by atoms with E-state index in [1.54, 1.807) is 23.0 Å². The fourth-order valence-corrected chi connectivity index (χ4v) is 3.15. The first-order valence-electron chi connectivity index (χ1n) is 9.86. The Balaban J connectivity index is 1.50. The molecule has 0 saturated heterocycles. The summed E-state index contributed by atoms with van der Waals surface area (Å²) in [6.45, 7) is 0. The Morgan fingerprint density at radius 3 is 2.31 bits per heavy atom. The Morgan fingerprint density at radius 2 is 1.66 bits per heavy atom. The summed E-state index contributed by atoms with van der Waals surface area (Å²) in [6.07, 6.45) is 3.47. The first-order chi connectivity index (χ1) is 15.6. The molecular weight excluding hydrogens is 406 g/mol. The molecular formula is C24H19N5O3. The molecule has 0 aliphatic carbocycles. The van der Waals surface area contributed by atoms with Crippen molar-refractivity contribution in [2.24, 2.45) is 5.10 Å². The van der Waals surface area contributed by atoms with Crippen LogP contribution in [0.1, 0.15) is 11.1 Å². The van der Waals surface area contributed by atoms with Crippen molar-refractivity contribution in [3.05, 3.63) is 112 Å². The van der Waals surface area contributed by atoms with Crippen LogP contribution in [0.15, 0.2) is 96.2 Å². The van der Waals surface area contributed by atoms with Crippen LogP contribution in [0.4, 0.5) is 5.69 Å². The molecule has 0 saturated carbocycles. The van der Waals surface area contributed by atoms with Crippen LogP contribution in [0.3, 0.4) is 0 Å². The third kappa shape index (κ3) is 4.93. The number of nitrogens with one attached hydrogen (secondary N) is 1. The van der Waals surface area contributed by atoms with Crippen molar-refractivity contribution in [3.63, 3.8) is 0 Å². The average molecular weight is 425 g/mol. The van der Waals surface area contributed by atoms with Gasteiger partial charge in [-0.25, -0.2) is 10.1 Å². The lowest BCUT2D eigenvalue weighted by molar-refractivity contribution is -0.384. The second kappa shape index (κ2) is 9.48. The number of hydrazone groups is 1. The summed E-state index contributed by atoms with van der Waals surface area (Å²) < 4.78 is 1.77. The molecule has 1 N–H and O–H groups in total. The van der Waals surface area contributed by atoms with Crippen LogP contribution >= 0.6 is 0 Å². The van der Waals surface area contributed by atoms with E-state index >= 15 is 0 Å². The van der Waals surface area contributed by atoms with Crippen molar-refractivity contribution in [2.75, 3.05) is 0 Å². The van der Waals surface area contributed by atoms with Gasteiger partial charge in [0.1, 0.15) is 5.69 Å². The third-order valence-corrected chi connectivity index (χ3v) is 4.72. The first kappa shape index (κ1) is 20.7. The molecule has 0 atom stereocenters. The van der Waals surface area contributed by atoms with Crippen LogP contribution < -0.4 is 5.43 Å². The molecule has 158 valence electrons. The molecule has 4 rings (SSSR count). The summed E-state index contributed by atoms with van der Waals surface area (Å²) in [5.74, 6) is -0.327. The number of nitro benzene ring substituents is 1. The highest BCUT2D eigenvalue weighted by Gasteiger charge is 2.11. The van der Waals surface area contributed by atoms with Crippen LogP contribution in [0.2, 0.25) is 0 Å². The Kier molecular flexibility index (Phi) is 6.12. The minimum absolute atomic E-state index is 0.0175. The van der Waals surface area contributed by atoms with Gasteiger partial charge in [0.15, 0.2) is 0 Å². The lowest BCUT2D eigenvalue weighted by Crippen LogP contribution is -2.19. The van der Waals surface area contributed by atoms with Crippen LogP contribution in [0, 0.1) is 10.1 Å². The predicted molar refractivity (Wildman–Crippen MR) is 122 cm³/mol. The lowest BCUT2D eigenvalue weighted by atomic mass is 10.1. The van der Waals surface area contributed by atoms with Crippen LogP contribution in [-0.4, -0.2) is 26.8 Å². The standard InChI is InChI=1S/C24H19N5O3/c30-23(15-18-11-13-22(14-12-18)29(31)32)26-25-16-20-17-28(21-9-5-2-6-10-21)27-24(20)19-7-3-1-4-8-19/h1-14,16-17H,15H2,(H,26,30)/b25-16-. The number of carbonyl (C=O) groups is 1. The van der Waals surface area contributed by atoms with E-state index in [0.29, 0.717) is 5.56 Å². The zero-order chi connectivity index (χ0) is 22.3. The molecule has 32 heavy (non-hydrogen) atoms. The Morgan fingerprint density at radius 1 is 1.00 bits per heavy atom. The number of para-hydroxylation sites is 1. The number of nitrogens with zero attached hydrogens (tertiary/aromatic N) is 4. The van der Waals surface area contributed by atoms with Crippen LogP contribution in [0.25, 0.3) is 16.9 Å². The number of hydrogen-bond acceptors (Lipinski definition) is 5. The second-order valence-corrected chi connectivity index (χ2v) is 6.97. The van der Waals surface area contributed by atoms with E-state index in [4.69, 9.17) is 5.10 Å². The third-order valence-electron chi connectivity index (χ3n) is 4.72. The number of amides is 1. The summed E-state index contributed by atoms with van der Waals surface area (Å²) >= 11 is 0. The number of hydrogen-bond donors (Lipinski definition) is 1. The molecule has 4 aromatic rings. The van der Waals surface area contributed by atoms with Crippen LogP contribution in [0.5, 0.6) is 0 Å². The molecule has 1 heterocycles. The highest BCUT2D eigenvalue weighted by molar-refractivity contribution is 5.89. The highest BCUT2D eigenvalue weighted by Crippen LogP contribution is 2.22. The molecule has 0 bridgehead atoms. The van der Waals surface area contributed by atoms with Crippen molar-refractivity contribution < 1.29 is 9.72 Å². The molecule has 1 aromatic heterocycles. The Hall–Kier alpha value is -4.59. The summed E-state index contributed by atoms with van der Waals surface area (Å²) in [4.78, 5) is 22.5. The van der Waals surface area contributed by atoms with Gasteiger partial charge in [-0.15, -0.1) is 0 Å². The van der Waals surface area contributed by atoms with Gasteiger partial charge in [0.05, 0.1) is 23.2 Å². The van der Waals surface area contributed by atoms with Crippen molar-refractivity contribution in [2.45, 2.75) is 6.42 Å². The number of nitro groups is 1. The van der Waals surface area contributed by atoms with E-state index in [0.717, 1.165) is 22.5 Å². The molecule has 0 spiro atoms. The van der Waals surface area contributed by atoms with Crippen molar-refractivity contribution in [1.29, 1.82) is 0 Å². The molecule has 8 nitrogen and oxygen atoms in total. The average Bonchev–Trinajstić information content (AvgIpc) is 3.25. The molecule has 0 unspecified atom stereocenters. The van der Waals surface area contributed by atoms with Crippen LogP contribution in [-0.2, 0) is 11.2 Å². The van der Waals surface area contributed by atoms with E-state index in [1.165, 1.54) is 12.1 Å². The van der Waals surface area contributed by atoms with E-state index < -0.39 is 4.92 Å². The van der Waals surface area contributed by atoms with E-state index in [9.17, 15) is 14.9 Å². The summed E-state index contributed by atoms with van der Waals surface area (Å²) in [7, 11) is 0. The molecule has 0 fully saturated rings. The number of carbonyl (C=O) groups excluding carboxylic acids is 1. The molecule has 0 aliphatic rings. The van der Waals surface area contributed by atoms with Gasteiger partial charge in [0.25, 0.3) is 5.69 Å². The number of rotatable bonds is 7. The van der Waals surface area contributed by atoms with Gasteiger partial charge in [-0.2, -0.15) is 10.2 Å². The quantitative estimate of drug-likeness (QED) is 0.273. The highest BCUT2D eigenvalue weighted by atomic mass is 16.6. The molecule has 8 heteroatoms.